The highest BCUT2D eigenvalue weighted by Crippen LogP contribution is 2.22. The first-order valence-corrected chi connectivity index (χ1v) is 8.81. The van der Waals surface area contributed by atoms with Crippen LogP contribution in [0.25, 0.3) is 11.0 Å². The van der Waals surface area contributed by atoms with Crippen molar-refractivity contribution in [3.05, 3.63) is 66.5 Å². The summed E-state index contributed by atoms with van der Waals surface area (Å²) in [6.45, 7) is 1.60. The van der Waals surface area contributed by atoms with E-state index in [-0.39, 0.29) is 6.03 Å². The van der Waals surface area contributed by atoms with Crippen LogP contribution in [0.4, 0.5) is 4.79 Å². The number of piperidine rings is 1. The Morgan fingerprint density at radius 3 is 2.56 bits per heavy atom. The monoisotopic (exact) mass is 334 g/mol. The minimum atomic E-state index is -0.0543. The zero-order valence-electron chi connectivity index (χ0n) is 14.1. The molecule has 5 nitrogen and oxygen atoms in total. The number of hydrogen-bond acceptors (Lipinski definition) is 2. The summed E-state index contributed by atoms with van der Waals surface area (Å²) >= 11 is 0. The van der Waals surface area contributed by atoms with Gasteiger partial charge in [-0.15, -0.1) is 0 Å². The molecule has 3 aromatic rings. The van der Waals surface area contributed by atoms with Gasteiger partial charge in [0.15, 0.2) is 0 Å². The van der Waals surface area contributed by atoms with E-state index in [1.54, 1.807) is 11.0 Å². The number of nitrogens with zero attached hydrogens (tertiary/aromatic N) is 3. The van der Waals surface area contributed by atoms with Gasteiger partial charge >= 0.3 is 6.03 Å². The molecule has 1 aliphatic heterocycles. The van der Waals surface area contributed by atoms with Gasteiger partial charge in [0, 0.05) is 13.1 Å². The molecule has 0 unspecified atom stereocenters. The lowest BCUT2D eigenvalue weighted by Gasteiger charge is -2.32. The fourth-order valence-electron chi connectivity index (χ4n) is 3.51. The molecular formula is C20H22N4O. The second-order valence-electron chi connectivity index (χ2n) is 6.64. The van der Waals surface area contributed by atoms with E-state index < -0.39 is 0 Å². The Kier molecular flexibility index (Phi) is 4.37. The van der Waals surface area contributed by atoms with Crippen molar-refractivity contribution in [2.75, 3.05) is 18.5 Å². The van der Waals surface area contributed by atoms with Gasteiger partial charge in [-0.1, -0.05) is 42.5 Å². The van der Waals surface area contributed by atoms with Gasteiger partial charge in [0.05, 0.1) is 11.0 Å². The van der Waals surface area contributed by atoms with Crippen LogP contribution in [0.15, 0.2) is 60.9 Å². The van der Waals surface area contributed by atoms with Crippen LogP contribution in [0.2, 0.25) is 0 Å². The van der Waals surface area contributed by atoms with Crippen LogP contribution in [-0.2, 0) is 6.42 Å². The number of imidazole rings is 1. The molecule has 1 saturated heterocycles. The largest absolute Gasteiger partial charge is 0.336 e. The number of rotatable bonds is 3. The van der Waals surface area contributed by atoms with Crippen LogP contribution >= 0.6 is 0 Å². The molecule has 5 heteroatoms. The maximum absolute atomic E-state index is 12.5. The molecule has 0 aliphatic carbocycles. The van der Waals surface area contributed by atoms with Gasteiger partial charge in [-0.25, -0.2) is 19.9 Å². The smallest absolute Gasteiger partial charge is 0.323 e. The number of hydrogen-bond donors (Lipinski definition) is 1. The molecule has 0 saturated carbocycles. The maximum Gasteiger partial charge on any atom is 0.336 e. The van der Waals surface area contributed by atoms with Gasteiger partial charge < -0.3 is 4.90 Å². The van der Waals surface area contributed by atoms with Gasteiger partial charge in [0.25, 0.3) is 0 Å². The lowest BCUT2D eigenvalue weighted by molar-refractivity contribution is 0.180. The number of para-hydroxylation sites is 2. The zero-order valence-corrected chi connectivity index (χ0v) is 14.1. The normalized spacial score (nSPS) is 15.4. The first kappa shape index (κ1) is 15.7. The number of nitrogens with one attached hydrogen (secondary N) is 1. The highest BCUT2D eigenvalue weighted by Gasteiger charge is 2.23. The summed E-state index contributed by atoms with van der Waals surface area (Å²) in [6.07, 6.45) is 4.85. The quantitative estimate of drug-likeness (QED) is 0.795. The molecule has 2 aromatic carbocycles. The van der Waals surface area contributed by atoms with E-state index in [4.69, 9.17) is 0 Å². The third-order valence-electron chi connectivity index (χ3n) is 4.94. The third kappa shape index (κ3) is 3.50. The Hall–Kier alpha value is -2.82. The predicted octanol–water partition coefficient (Wildman–Crippen LogP) is 3.65. The summed E-state index contributed by atoms with van der Waals surface area (Å²) in [7, 11) is 0. The lowest BCUT2D eigenvalue weighted by Crippen LogP contribution is -2.43. The Labute approximate surface area is 147 Å². The van der Waals surface area contributed by atoms with Crippen molar-refractivity contribution in [2.24, 2.45) is 5.92 Å². The second-order valence-corrected chi connectivity index (χ2v) is 6.64. The average molecular weight is 334 g/mol. The summed E-state index contributed by atoms with van der Waals surface area (Å²) in [6, 6.07) is 18.3. The van der Waals surface area contributed by atoms with E-state index in [2.05, 4.69) is 40.7 Å². The molecule has 2 amide bonds. The number of benzene rings is 2. The van der Waals surface area contributed by atoms with Crippen LogP contribution in [0.5, 0.6) is 0 Å². The van der Waals surface area contributed by atoms with Crippen molar-refractivity contribution >= 4 is 17.1 Å². The van der Waals surface area contributed by atoms with E-state index in [0.717, 1.165) is 43.4 Å². The average Bonchev–Trinajstić information content (AvgIpc) is 3.06. The molecule has 2 heterocycles. The molecule has 1 fully saturated rings. The number of carbonyl (C=O) groups is 1. The fraction of sp³-hybridized carbons (Fsp3) is 0.300. The molecule has 25 heavy (non-hydrogen) atoms. The number of aromatic nitrogens is 2. The minimum absolute atomic E-state index is 0.0543. The third-order valence-corrected chi connectivity index (χ3v) is 4.94. The Morgan fingerprint density at radius 1 is 1.04 bits per heavy atom. The van der Waals surface area contributed by atoms with Crippen LogP contribution in [-0.4, -0.2) is 33.7 Å². The summed E-state index contributed by atoms with van der Waals surface area (Å²) < 4.78 is 1.70. The minimum Gasteiger partial charge on any atom is -0.323 e. The molecule has 1 N–H and O–H groups in total. The molecule has 4 rings (SSSR count). The van der Waals surface area contributed by atoms with Crippen molar-refractivity contribution in [2.45, 2.75) is 19.3 Å². The van der Waals surface area contributed by atoms with E-state index in [1.807, 2.05) is 29.2 Å². The molecular weight excluding hydrogens is 312 g/mol. The Morgan fingerprint density at radius 2 is 1.76 bits per heavy atom. The molecule has 1 aromatic heterocycles. The topological polar surface area (TPSA) is 50.2 Å². The van der Waals surface area contributed by atoms with E-state index in [0.29, 0.717) is 5.92 Å². The highest BCUT2D eigenvalue weighted by molar-refractivity contribution is 5.85. The van der Waals surface area contributed by atoms with Crippen molar-refractivity contribution < 1.29 is 4.79 Å². The number of likely N-dealkylation sites (tertiary alicyclic amines) is 1. The van der Waals surface area contributed by atoms with Crippen LogP contribution in [0.1, 0.15) is 18.4 Å². The molecule has 0 radical (unpaired) electrons. The van der Waals surface area contributed by atoms with Crippen LogP contribution < -0.4 is 5.43 Å². The number of fused-ring (bicyclic) bond motifs is 1. The molecule has 0 spiro atoms. The molecule has 0 atom stereocenters. The predicted molar refractivity (Wildman–Crippen MR) is 98.9 cm³/mol. The number of urea groups is 1. The molecule has 1 aliphatic rings. The van der Waals surface area contributed by atoms with Gasteiger partial charge in [-0.2, -0.15) is 0 Å². The lowest BCUT2D eigenvalue weighted by atomic mass is 9.90. The SMILES string of the molecule is O=C(Nn1cnc2ccccc21)N1CCC(Cc2ccccc2)CC1. The number of carbonyl (C=O) groups excluding carboxylic acids is 1. The van der Waals surface area contributed by atoms with Gasteiger partial charge in [0.1, 0.15) is 6.33 Å². The van der Waals surface area contributed by atoms with Crippen LogP contribution in [0, 0.1) is 5.92 Å². The Bertz CT molecular complexity index is 850. The van der Waals surface area contributed by atoms with Crippen molar-refractivity contribution in [1.29, 1.82) is 0 Å². The second kappa shape index (κ2) is 6.97. The summed E-state index contributed by atoms with van der Waals surface area (Å²) in [4.78, 5) is 18.7. The molecule has 0 bridgehead atoms. The van der Waals surface area contributed by atoms with E-state index in [1.165, 1.54) is 5.56 Å². The van der Waals surface area contributed by atoms with E-state index >= 15 is 0 Å². The van der Waals surface area contributed by atoms with E-state index in [9.17, 15) is 4.79 Å². The summed E-state index contributed by atoms with van der Waals surface area (Å²) in [5, 5.41) is 0. The molecule has 128 valence electrons. The summed E-state index contributed by atoms with van der Waals surface area (Å²) in [5.74, 6) is 0.653. The standard InChI is InChI=1S/C20H22N4O/c25-20(22-24-15-21-18-8-4-5-9-19(18)24)23-12-10-17(11-13-23)14-16-6-2-1-3-7-16/h1-9,15,17H,10-14H2,(H,22,25). The van der Waals surface area contributed by atoms with Crippen molar-refractivity contribution in [3.63, 3.8) is 0 Å². The van der Waals surface area contributed by atoms with Gasteiger partial charge in [0.2, 0.25) is 0 Å². The van der Waals surface area contributed by atoms with Crippen molar-refractivity contribution in [3.8, 4) is 0 Å². The first-order chi connectivity index (χ1) is 12.3. The van der Waals surface area contributed by atoms with Gasteiger partial charge in [-0.05, 0) is 42.9 Å². The maximum atomic E-state index is 12.5. The summed E-state index contributed by atoms with van der Waals surface area (Å²) in [5.41, 5.74) is 6.12. The Balaban J connectivity index is 1.33. The van der Waals surface area contributed by atoms with Crippen LogP contribution in [0.3, 0.4) is 0 Å². The van der Waals surface area contributed by atoms with Gasteiger partial charge in [-0.3, -0.25) is 0 Å². The zero-order chi connectivity index (χ0) is 17.1. The first-order valence-electron chi connectivity index (χ1n) is 8.81. The van der Waals surface area contributed by atoms with Crippen molar-refractivity contribution in [1.82, 2.24) is 14.6 Å². The number of amides is 2. The fourth-order valence-corrected chi connectivity index (χ4v) is 3.51. The highest BCUT2D eigenvalue weighted by atomic mass is 16.2.